The van der Waals surface area contributed by atoms with E-state index >= 15 is 0 Å². The van der Waals surface area contributed by atoms with Gasteiger partial charge in [0.25, 0.3) is 0 Å². The number of guanidine groups is 1. The Bertz CT molecular complexity index is 890. The molecule has 2 heterocycles. The summed E-state index contributed by atoms with van der Waals surface area (Å²) in [6, 6.07) is 6.15. The van der Waals surface area contributed by atoms with Crippen LogP contribution in [0.2, 0.25) is 0 Å². The van der Waals surface area contributed by atoms with Crippen LogP contribution in [-0.2, 0) is 26.1 Å². The molecule has 2 N–H and O–H groups in total. The summed E-state index contributed by atoms with van der Waals surface area (Å²) in [5.41, 5.74) is 2.26. The Balaban J connectivity index is 0.00000300. The van der Waals surface area contributed by atoms with E-state index in [-0.39, 0.29) is 29.7 Å². The van der Waals surface area contributed by atoms with Gasteiger partial charge >= 0.3 is 5.69 Å². The lowest BCUT2D eigenvalue weighted by Crippen LogP contribution is -2.38. The van der Waals surface area contributed by atoms with Crippen LogP contribution in [0.3, 0.4) is 0 Å². The van der Waals surface area contributed by atoms with Crippen molar-refractivity contribution in [3.63, 3.8) is 0 Å². The van der Waals surface area contributed by atoms with Gasteiger partial charge in [-0.25, -0.2) is 9.48 Å². The van der Waals surface area contributed by atoms with Crippen molar-refractivity contribution in [1.29, 1.82) is 0 Å². The molecular formula is C20H31IN6O2. The summed E-state index contributed by atoms with van der Waals surface area (Å²) in [5, 5.41) is 11.1. The van der Waals surface area contributed by atoms with Crippen molar-refractivity contribution in [3.05, 3.63) is 45.6 Å². The number of rotatable bonds is 7. The third kappa shape index (κ3) is 5.97. The smallest absolute Gasteiger partial charge is 0.345 e. The number of fused-ring (bicyclic) bond motifs is 1. The summed E-state index contributed by atoms with van der Waals surface area (Å²) in [4.78, 5) is 16.6. The fourth-order valence-electron chi connectivity index (χ4n) is 3.43. The van der Waals surface area contributed by atoms with Crippen LogP contribution < -0.4 is 21.1 Å². The fraction of sp³-hybridized carbons (Fsp3) is 0.550. The first-order valence-electron chi connectivity index (χ1n) is 9.87. The van der Waals surface area contributed by atoms with Gasteiger partial charge < -0.3 is 15.4 Å². The number of aryl methyl sites for hydroxylation is 3. The predicted molar refractivity (Wildman–Crippen MR) is 125 cm³/mol. The second-order valence-electron chi connectivity index (χ2n) is 7.05. The average molecular weight is 514 g/mol. The summed E-state index contributed by atoms with van der Waals surface area (Å²) >= 11 is 0. The molecule has 9 heteroatoms. The van der Waals surface area contributed by atoms with Gasteiger partial charge in [-0.1, -0.05) is 12.1 Å². The van der Waals surface area contributed by atoms with Gasteiger partial charge in [0.15, 0.2) is 5.96 Å². The molecule has 1 aliphatic heterocycles. The molecule has 0 spiro atoms. The normalized spacial score (nSPS) is 13.4. The van der Waals surface area contributed by atoms with Gasteiger partial charge in [0.2, 0.25) is 0 Å². The van der Waals surface area contributed by atoms with Crippen molar-refractivity contribution in [2.75, 3.05) is 20.7 Å². The minimum atomic E-state index is 0. The minimum absolute atomic E-state index is 0. The van der Waals surface area contributed by atoms with E-state index in [1.54, 1.807) is 18.8 Å². The van der Waals surface area contributed by atoms with E-state index < -0.39 is 0 Å². The lowest BCUT2D eigenvalue weighted by atomic mass is 10.1. The highest BCUT2D eigenvalue weighted by Crippen LogP contribution is 2.19. The predicted octanol–water partition coefficient (Wildman–Crippen LogP) is 2.07. The van der Waals surface area contributed by atoms with E-state index in [4.69, 9.17) is 4.74 Å². The first-order valence-corrected chi connectivity index (χ1v) is 9.87. The van der Waals surface area contributed by atoms with Gasteiger partial charge in [-0.15, -0.1) is 24.0 Å². The van der Waals surface area contributed by atoms with Gasteiger partial charge in [0.1, 0.15) is 11.6 Å². The largest absolute Gasteiger partial charge is 0.496 e. The zero-order valence-corrected chi connectivity index (χ0v) is 19.7. The van der Waals surface area contributed by atoms with Crippen LogP contribution in [0.15, 0.2) is 28.0 Å². The Morgan fingerprint density at radius 3 is 2.86 bits per heavy atom. The van der Waals surface area contributed by atoms with Crippen molar-refractivity contribution in [1.82, 2.24) is 25.0 Å². The zero-order valence-electron chi connectivity index (χ0n) is 17.4. The molecule has 0 aliphatic carbocycles. The molecule has 0 amide bonds. The number of aliphatic imine (C=N–C) groups is 1. The molecule has 0 unspecified atom stereocenters. The van der Waals surface area contributed by atoms with E-state index in [0.717, 1.165) is 55.3 Å². The van der Waals surface area contributed by atoms with E-state index in [1.807, 2.05) is 17.6 Å². The number of hydrogen-bond donors (Lipinski definition) is 2. The molecule has 160 valence electrons. The SMILES string of the molecule is CN=C(NCCCn1nc2n(c1=O)CCCC2)NCc1ccc(C)cc1OC.I. The Labute approximate surface area is 188 Å². The van der Waals surface area contributed by atoms with Crippen LogP contribution in [0.4, 0.5) is 0 Å². The van der Waals surface area contributed by atoms with Gasteiger partial charge in [0, 0.05) is 45.2 Å². The summed E-state index contributed by atoms with van der Waals surface area (Å²) in [5.74, 6) is 2.51. The maximum Gasteiger partial charge on any atom is 0.345 e. The van der Waals surface area contributed by atoms with Crippen LogP contribution in [0.5, 0.6) is 5.75 Å². The molecule has 0 saturated heterocycles. The molecule has 1 aromatic carbocycles. The number of hydrogen-bond acceptors (Lipinski definition) is 4. The number of aromatic nitrogens is 3. The minimum Gasteiger partial charge on any atom is -0.496 e. The molecule has 0 saturated carbocycles. The van der Waals surface area contributed by atoms with E-state index in [1.165, 1.54) is 5.56 Å². The number of ether oxygens (including phenoxy) is 1. The van der Waals surface area contributed by atoms with E-state index in [2.05, 4.69) is 32.9 Å². The maximum atomic E-state index is 12.3. The third-order valence-electron chi connectivity index (χ3n) is 4.98. The van der Waals surface area contributed by atoms with Crippen molar-refractivity contribution in [2.24, 2.45) is 4.99 Å². The van der Waals surface area contributed by atoms with Gasteiger partial charge in [-0.05, 0) is 37.8 Å². The lowest BCUT2D eigenvalue weighted by Gasteiger charge is -2.14. The topological polar surface area (TPSA) is 85.5 Å². The maximum absolute atomic E-state index is 12.3. The molecule has 8 nitrogen and oxygen atoms in total. The second kappa shape index (κ2) is 11.2. The zero-order chi connectivity index (χ0) is 19.9. The lowest BCUT2D eigenvalue weighted by molar-refractivity contribution is 0.408. The average Bonchev–Trinajstić information content (AvgIpc) is 3.04. The molecule has 29 heavy (non-hydrogen) atoms. The summed E-state index contributed by atoms with van der Waals surface area (Å²) in [6.07, 6.45) is 3.88. The van der Waals surface area contributed by atoms with Crippen LogP contribution in [0.1, 0.15) is 36.2 Å². The number of halogens is 1. The van der Waals surface area contributed by atoms with Gasteiger partial charge in [-0.3, -0.25) is 9.56 Å². The van der Waals surface area contributed by atoms with Crippen LogP contribution >= 0.6 is 24.0 Å². The molecule has 3 rings (SSSR count). The van der Waals surface area contributed by atoms with Crippen molar-refractivity contribution in [3.8, 4) is 5.75 Å². The second-order valence-corrected chi connectivity index (χ2v) is 7.05. The molecule has 0 atom stereocenters. The molecule has 2 aromatic rings. The summed E-state index contributed by atoms with van der Waals surface area (Å²) < 4.78 is 8.85. The summed E-state index contributed by atoms with van der Waals surface area (Å²) in [7, 11) is 3.43. The highest BCUT2D eigenvalue weighted by Gasteiger charge is 2.16. The Morgan fingerprint density at radius 2 is 2.14 bits per heavy atom. The quantitative estimate of drug-likeness (QED) is 0.256. The number of nitrogens with zero attached hydrogens (tertiary/aromatic N) is 4. The van der Waals surface area contributed by atoms with E-state index in [9.17, 15) is 4.79 Å². The van der Waals surface area contributed by atoms with Crippen LogP contribution in [0.25, 0.3) is 0 Å². The number of methoxy groups -OCH3 is 1. The van der Waals surface area contributed by atoms with Crippen LogP contribution in [-0.4, -0.2) is 41.0 Å². The highest BCUT2D eigenvalue weighted by atomic mass is 127. The van der Waals surface area contributed by atoms with Crippen molar-refractivity contribution < 1.29 is 4.74 Å². The monoisotopic (exact) mass is 514 g/mol. The molecular weight excluding hydrogens is 483 g/mol. The number of nitrogens with one attached hydrogen (secondary N) is 2. The molecule has 0 fully saturated rings. The van der Waals surface area contributed by atoms with Crippen LogP contribution in [0, 0.1) is 6.92 Å². The van der Waals surface area contributed by atoms with Crippen molar-refractivity contribution in [2.45, 2.75) is 52.2 Å². The molecule has 0 bridgehead atoms. The Kier molecular flexibility index (Phi) is 8.99. The third-order valence-corrected chi connectivity index (χ3v) is 4.98. The highest BCUT2D eigenvalue weighted by molar-refractivity contribution is 14.0. The summed E-state index contributed by atoms with van der Waals surface area (Å²) in [6.45, 7) is 4.78. The molecule has 1 aromatic heterocycles. The first-order chi connectivity index (χ1) is 13.6. The van der Waals surface area contributed by atoms with E-state index in [0.29, 0.717) is 19.6 Å². The first kappa shape index (κ1) is 23.2. The standard InChI is InChI=1S/C20H30N6O2.HI/c1-15-8-9-16(17(13-15)28-3)14-23-19(21-2)22-10-6-12-26-20(27)25-11-5-4-7-18(25)24-26;/h8-9,13H,4-7,10-12,14H2,1-3H3,(H2,21,22,23);1H. The Morgan fingerprint density at radius 1 is 1.31 bits per heavy atom. The van der Waals surface area contributed by atoms with Crippen molar-refractivity contribution >= 4 is 29.9 Å². The number of benzene rings is 1. The fourth-order valence-corrected chi connectivity index (χ4v) is 3.43. The Hall–Kier alpha value is -2.04. The molecule has 0 radical (unpaired) electrons. The van der Waals surface area contributed by atoms with Gasteiger partial charge in [0.05, 0.1) is 7.11 Å². The molecule has 1 aliphatic rings. The van der Waals surface area contributed by atoms with Gasteiger partial charge in [-0.2, -0.15) is 5.10 Å².